The van der Waals surface area contributed by atoms with Gasteiger partial charge in [-0.15, -0.1) is 5.10 Å². The lowest BCUT2D eigenvalue weighted by molar-refractivity contribution is 0.0746. The van der Waals surface area contributed by atoms with E-state index in [1.54, 1.807) is 0 Å². The standard InChI is InChI=1S/C21H27N5O2/c1-16-11-17(2)13-18(12-16)21(27)26-5-3-25(4-6-26)20-14-19(15-22-23-20)24-7-9-28-10-8-24/h11-15H,3-10H2,1-2H3. The fourth-order valence-electron chi connectivity index (χ4n) is 3.91. The average Bonchev–Trinajstić information content (AvgIpc) is 2.73. The van der Waals surface area contributed by atoms with Gasteiger partial charge in [0.25, 0.3) is 5.91 Å². The predicted molar refractivity (Wildman–Crippen MR) is 109 cm³/mol. The third-order valence-corrected chi connectivity index (χ3v) is 5.36. The number of carbonyl (C=O) groups excluding carboxylic acids is 1. The molecule has 0 atom stereocenters. The van der Waals surface area contributed by atoms with E-state index in [1.165, 1.54) is 0 Å². The molecular formula is C21H27N5O2. The van der Waals surface area contributed by atoms with Crippen LogP contribution >= 0.6 is 0 Å². The lowest BCUT2D eigenvalue weighted by Gasteiger charge is -2.36. The number of aromatic nitrogens is 2. The molecule has 0 unspecified atom stereocenters. The molecule has 7 nitrogen and oxygen atoms in total. The van der Waals surface area contributed by atoms with E-state index in [0.29, 0.717) is 13.1 Å². The van der Waals surface area contributed by atoms with Crippen LogP contribution in [0.4, 0.5) is 11.5 Å². The maximum Gasteiger partial charge on any atom is 0.253 e. The number of piperazine rings is 1. The van der Waals surface area contributed by atoms with Gasteiger partial charge in [-0.05, 0) is 26.0 Å². The molecule has 2 saturated heterocycles. The molecule has 2 aliphatic rings. The van der Waals surface area contributed by atoms with E-state index >= 15 is 0 Å². The van der Waals surface area contributed by atoms with Crippen molar-refractivity contribution in [3.05, 3.63) is 47.2 Å². The number of benzene rings is 1. The van der Waals surface area contributed by atoms with Crippen molar-refractivity contribution in [3.8, 4) is 0 Å². The van der Waals surface area contributed by atoms with Crippen molar-refractivity contribution in [2.24, 2.45) is 0 Å². The summed E-state index contributed by atoms with van der Waals surface area (Å²) in [6.07, 6.45) is 1.81. The van der Waals surface area contributed by atoms with Gasteiger partial charge in [-0.1, -0.05) is 17.2 Å². The van der Waals surface area contributed by atoms with Crippen LogP contribution in [-0.2, 0) is 4.74 Å². The van der Waals surface area contributed by atoms with Crippen LogP contribution in [0.3, 0.4) is 0 Å². The van der Waals surface area contributed by atoms with Gasteiger partial charge in [0, 0.05) is 50.9 Å². The quantitative estimate of drug-likeness (QED) is 0.809. The summed E-state index contributed by atoms with van der Waals surface area (Å²) in [5.74, 6) is 0.988. The second-order valence-corrected chi connectivity index (χ2v) is 7.53. The lowest BCUT2D eigenvalue weighted by atomic mass is 10.1. The van der Waals surface area contributed by atoms with Gasteiger partial charge in [0.1, 0.15) is 0 Å². The normalized spacial score (nSPS) is 17.7. The van der Waals surface area contributed by atoms with Crippen LogP contribution in [0.15, 0.2) is 30.5 Å². The molecule has 0 saturated carbocycles. The Kier molecular flexibility index (Phi) is 5.43. The predicted octanol–water partition coefficient (Wildman–Crippen LogP) is 1.89. The molecule has 0 bridgehead atoms. The number of amides is 1. The van der Waals surface area contributed by atoms with Crippen molar-refractivity contribution in [2.45, 2.75) is 13.8 Å². The Labute approximate surface area is 165 Å². The molecule has 0 radical (unpaired) electrons. The molecule has 0 N–H and O–H groups in total. The minimum Gasteiger partial charge on any atom is -0.378 e. The third-order valence-electron chi connectivity index (χ3n) is 5.36. The van der Waals surface area contributed by atoms with Crippen LogP contribution in [0.1, 0.15) is 21.5 Å². The Morgan fingerprint density at radius 3 is 2.25 bits per heavy atom. The van der Waals surface area contributed by atoms with Crippen molar-refractivity contribution in [1.82, 2.24) is 15.1 Å². The number of anilines is 2. The van der Waals surface area contributed by atoms with Crippen LogP contribution < -0.4 is 9.80 Å². The van der Waals surface area contributed by atoms with Crippen molar-refractivity contribution in [2.75, 3.05) is 62.3 Å². The van der Waals surface area contributed by atoms with Gasteiger partial charge in [0.05, 0.1) is 25.1 Å². The molecule has 28 heavy (non-hydrogen) atoms. The smallest absolute Gasteiger partial charge is 0.253 e. The molecule has 1 aromatic carbocycles. The van der Waals surface area contributed by atoms with E-state index in [-0.39, 0.29) is 5.91 Å². The van der Waals surface area contributed by atoms with Crippen molar-refractivity contribution < 1.29 is 9.53 Å². The SMILES string of the molecule is Cc1cc(C)cc(C(=O)N2CCN(c3cc(N4CCOCC4)cnn3)CC2)c1. The number of rotatable bonds is 3. The fraction of sp³-hybridized carbons (Fsp3) is 0.476. The van der Waals surface area contributed by atoms with Crippen LogP contribution in [-0.4, -0.2) is 73.5 Å². The Morgan fingerprint density at radius 1 is 0.893 bits per heavy atom. The molecule has 7 heteroatoms. The van der Waals surface area contributed by atoms with Gasteiger partial charge in [-0.2, -0.15) is 5.10 Å². The molecule has 1 aromatic heterocycles. The first-order valence-electron chi connectivity index (χ1n) is 9.88. The highest BCUT2D eigenvalue weighted by molar-refractivity contribution is 5.94. The van der Waals surface area contributed by atoms with Gasteiger partial charge in [0.2, 0.25) is 0 Å². The summed E-state index contributed by atoms with van der Waals surface area (Å²) in [6, 6.07) is 8.13. The van der Waals surface area contributed by atoms with Gasteiger partial charge in [-0.3, -0.25) is 4.79 Å². The van der Waals surface area contributed by atoms with Crippen molar-refractivity contribution >= 4 is 17.4 Å². The van der Waals surface area contributed by atoms with E-state index < -0.39 is 0 Å². The summed E-state index contributed by atoms with van der Waals surface area (Å²) in [5.41, 5.74) is 4.11. The van der Waals surface area contributed by atoms with Crippen LogP contribution in [0.2, 0.25) is 0 Å². The maximum atomic E-state index is 12.9. The molecule has 0 aliphatic carbocycles. The molecule has 148 valence electrons. The lowest BCUT2D eigenvalue weighted by Crippen LogP contribution is -2.49. The number of morpholine rings is 1. The van der Waals surface area contributed by atoms with E-state index in [0.717, 1.165) is 67.6 Å². The summed E-state index contributed by atoms with van der Waals surface area (Å²) < 4.78 is 5.43. The zero-order valence-corrected chi connectivity index (χ0v) is 16.6. The summed E-state index contributed by atoms with van der Waals surface area (Å²) in [7, 11) is 0. The van der Waals surface area contributed by atoms with Crippen LogP contribution in [0.25, 0.3) is 0 Å². The molecule has 3 heterocycles. The third kappa shape index (κ3) is 4.09. The van der Waals surface area contributed by atoms with Gasteiger partial charge in [0.15, 0.2) is 5.82 Å². The molecule has 2 fully saturated rings. The number of ether oxygens (including phenoxy) is 1. The fourth-order valence-corrected chi connectivity index (χ4v) is 3.91. The molecule has 1 amide bonds. The maximum absolute atomic E-state index is 12.9. The van der Waals surface area contributed by atoms with Gasteiger partial charge < -0.3 is 19.4 Å². The molecular weight excluding hydrogens is 354 g/mol. The number of nitrogens with zero attached hydrogens (tertiary/aromatic N) is 5. The minimum absolute atomic E-state index is 0.111. The minimum atomic E-state index is 0.111. The van der Waals surface area contributed by atoms with E-state index in [2.05, 4.69) is 32.1 Å². The Balaban J connectivity index is 1.40. The first-order valence-corrected chi connectivity index (χ1v) is 9.88. The highest BCUT2D eigenvalue weighted by atomic mass is 16.5. The van der Waals surface area contributed by atoms with Crippen LogP contribution in [0.5, 0.6) is 0 Å². The number of carbonyl (C=O) groups is 1. The Morgan fingerprint density at radius 2 is 1.57 bits per heavy atom. The zero-order valence-electron chi connectivity index (χ0n) is 16.6. The van der Waals surface area contributed by atoms with E-state index in [9.17, 15) is 4.79 Å². The zero-order chi connectivity index (χ0) is 19.5. The molecule has 0 spiro atoms. The second-order valence-electron chi connectivity index (χ2n) is 7.53. The highest BCUT2D eigenvalue weighted by Crippen LogP contribution is 2.21. The molecule has 2 aromatic rings. The Hall–Kier alpha value is -2.67. The first-order chi connectivity index (χ1) is 13.6. The number of hydrogen-bond donors (Lipinski definition) is 0. The number of aryl methyl sites for hydroxylation is 2. The largest absolute Gasteiger partial charge is 0.378 e. The topological polar surface area (TPSA) is 61.8 Å². The first kappa shape index (κ1) is 18.7. The second kappa shape index (κ2) is 8.14. The highest BCUT2D eigenvalue weighted by Gasteiger charge is 2.24. The molecule has 4 rings (SSSR count). The monoisotopic (exact) mass is 381 g/mol. The summed E-state index contributed by atoms with van der Waals surface area (Å²) in [4.78, 5) is 19.3. The molecule has 2 aliphatic heterocycles. The summed E-state index contributed by atoms with van der Waals surface area (Å²) in [6.45, 7) is 10.2. The van der Waals surface area contributed by atoms with E-state index in [4.69, 9.17) is 4.74 Å². The van der Waals surface area contributed by atoms with Crippen LogP contribution in [0, 0.1) is 13.8 Å². The van der Waals surface area contributed by atoms with E-state index in [1.807, 2.05) is 37.1 Å². The van der Waals surface area contributed by atoms with Crippen molar-refractivity contribution in [1.29, 1.82) is 0 Å². The Bertz CT molecular complexity index is 822. The number of hydrogen-bond acceptors (Lipinski definition) is 6. The summed E-state index contributed by atoms with van der Waals surface area (Å²) >= 11 is 0. The van der Waals surface area contributed by atoms with Gasteiger partial charge in [-0.25, -0.2) is 0 Å². The van der Waals surface area contributed by atoms with Crippen molar-refractivity contribution in [3.63, 3.8) is 0 Å². The van der Waals surface area contributed by atoms with Gasteiger partial charge >= 0.3 is 0 Å². The summed E-state index contributed by atoms with van der Waals surface area (Å²) in [5, 5.41) is 8.53. The average molecular weight is 381 g/mol.